The van der Waals surface area contributed by atoms with E-state index in [4.69, 9.17) is 16.3 Å². The van der Waals surface area contributed by atoms with Crippen molar-refractivity contribution in [3.8, 4) is 5.75 Å². The molecule has 3 nitrogen and oxygen atoms in total. The van der Waals surface area contributed by atoms with Gasteiger partial charge in [0.15, 0.2) is 6.10 Å². The summed E-state index contributed by atoms with van der Waals surface area (Å²) in [5, 5.41) is 3.74. The first-order chi connectivity index (χ1) is 9.06. The van der Waals surface area contributed by atoms with Crippen LogP contribution in [0.1, 0.15) is 38.2 Å². The third-order valence-electron chi connectivity index (χ3n) is 3.51. The van der Waals surface area contributed by atoms with Crippen LogP contribution in [0.5, 0.6) is 5.75 Å². The van der Waals surface area contributed by atoms with Gasteiger partial charge in [0.25, 0.3) is 5.91 Å². The zero-order valence-electron chi connectivity index (χ0n) is 11.4. The molecule has 0 radical (unpaired) electrons. The zero-order valence-corrected chi connectivity index (χ0v) is 12.2. The highest BCUT2D eigenvalue weighted by Crippen LogP contribution is 2.22. The second-order valence-corrected chi connectivity index (χ2v) is 5.57. The fourth-order valence-electron chi connectivity index (χ4n) is 2.34. The highest BCUT2D eigenvalue weighted by Gasteiger charge is 2.21. The number of benzene rings is 1. The zero-order chi connectivity index (χ0) is 13.8. The lowest BCUT2D eigenvalue weighted by Crippen LogP contribution is -2.41. The Kier molecular flexibility index (Phi) is 4.70. The number of carbonyl (C=O) groups is 1. The summed E-state index contributed by atoms with van der Waals surface area (Å²) in [6.07, 6.45) is 4.09. The van der Waals surface area contributed by atoms with Crippen LogP contribution >= 0.6 is 11.6 Å². The molecule has 1 atom stereocenters. The van der Waals surface area contributed by atoms with E-state index >= 15 is 0 Å². The summed E-state index contributed by atoms with van der Waals surface area (Å²) in [4.78, 5) is 12.0. The maximum atomic E-state index is 12.0. The summed E-state index contributed by atoms with van der Waals surface area (Å²) in [5.41, 5.74) is 0.947. The molecule has 0 aromatic heterocycles. The van der Waals surface area contributed by atoms with Crippen molar-refractivity contribution in [1.82, 2.24) is 5.32 Å². The molecule has 0 bridgehead atoms. The van der Waals surface area contributed by atoms with Gasteiger partial charge in [-0.25, -0.2) is 0 Å². The number of amides is 1. The molecule has 104 valence electrons. The minimum Gasteiger partial charge on any atom is -0.481 e. The molecular weight excluding hydrogens is 262 g/mol. The first-order valence-electron chi connectivity index (χ1n) is 6.79. The molecule has 1 fully saturated rings. The predicted octanol–water partition coefficient (Wildman–Crippen LogP) is 3.47. The van der Waals surface area contributed by atoms with E-state index in [9.17, 15) is 4.79 Å². The van der Waals surface area contributed by atoms with Crippen LogP contribution < -0.4 is 10.1 Å². The number of rotatable bonds is 4. The minimum atomic E-state index is -0.485. The van der Waals surface area contributed by atoms with Crippen molar-refractivity contribution < 1.29 is 9.53 Å². The molecule has 19 heavy (non-hydrogen) atoms. The number of aryl methyl sites for hydroxylation is 1. The third-order valence-corrected chi connectivity index (χ3v) is 3.94. The van der Waals surface area contributed by atoms with Crippen LogP contribution in [0.25, 0.3) is 0 Å². The number of ether oxygens (including phenoxy) is 1. The molecule has 0 aliphatic heterocycles. The predicted molar refractivity (Wildman–Crippen MR) is 76.7 cm³/mol. The molecule has 2 rings (SSSR count). The van der Waals surface area contributed by atoms with Crippen molar-refractivity contribution in [2.24, 2.45) is 0 Å². The van der Waals surface area contributed by atoms with E-state index in [1.54, 1.807) is 19.1 Å². The summed E-state index contributed by atoms with van der Waals surface area (Å²) in [5.74, 6) is 0.635. The van der Waals surface area contributed by atoms with Crippen molar-refractivity contribution >= 4 is 17.5 Å². The Balaban J connectivity index is 1.90. The molecule has 1 aliphatic rings. The first-order valence-corrected chi connectivity index (χ1v) is 7.17. The summed E-state index contributed by atoms with van der Waals surface area (Å²) >= 11 is 5.96. The van der Waals surface area contributed by atoms with Crippen LogP contribution in [0.15, 0.2) is 18.2 Å². The van der Waals surface area contributed by atoms with E-state index in [-0.39, 0.29) is 5.91 Å². The molecule has 1 saturated carbocycles. The lowest BCUT2D eigenvalue weighted by Gasteiger charge is -2.18. The fraction of sp³-hybridized carbons (Fsp3) is 0.533. The van der Waals surface area contributed by atoms with Gasteiger partial charge < -0.3 is 10.1 Å². The van der Waals surface area contributed by atoms with Gasteiger partial charge in [-0.05, 0) is 50.5 Å². The number of hydrogen-bond acceptors (Lipinski definition) is 2. The fourth-order valence-corrected chi connectivity index (χ4v) is 2.45. The summed E-state index contributed by atoms with van der Waals surface area (Å²) in [6, 6.07) is 5.75. The lowest BCUT2D eigenvalue weighted by molar-refractivity contribution is -0.127. The highest BCUT2D eigenvalue weighted by molar-refractivity contribution is 6.31. The van der Waals surface area contributed by atoms with Crippen LogP contribution in [0.4, 0.5) is 0 Å². The summed E-state index contributed by atoms with van der Waals surface area (Å²) in [7, 11) is 0. The molecular formula is C15H20ClNO2. The van der Waals surface area contributed by atoms with Crippen molar-refractivity contribution in [1.29, 1.82) is 0 Å². The van der Waals surface area contributed by atoms with Gasteiger partial charge in [-0.15, -0.1) is 0 Å². The molecule has 1 amide bonds. The van der Waals surface area contributed by atoms with Crippen LogP contribution in [0.2, 0.25) is 5.02 Å². The van der Waals surface area contributed by atoms with Gasteiger partial charge in [-0.1, -0.05) is 24.4 Å². The van der Waals surface area contributed by atoms with Gasteiger partial charge >= 0.3 is 0 Å². The minimum absolute atomic E-state index is 0.0421. The SMILES string of the molecule is Cc1cc(O[C@H](C)C(=O)NC2CCCC2)ccc1Cl. The van der Waals surface area contributed by atoms with E-state index in [0.29, 0.717) is 16.8 Å². The van der Waals surface area contributed by atoms with Crippen LogP contribution in [0.3, 0.4) is 0 Å². The van der Waals surface area contributed by atoms with Crippen molar-refractivity contribution in [3.63, 3.8) is 0 Å². The van der Waals surface area contributed by atoms with Gasteiger partial charge in [0.2, 0.25) is 0 Å². The Morgan fingerprint density at radius 2 is 2.11 bits per heavy atom. The highest BCUT2D eigenvalue weighted by atomic mass is 35.5. The Bertz CT molecular complexity index is 455. The molecule has 1 aromatic carbocycles. The Hall–Kier alpha value is -1.22. The first kappa shape index (κ1) is 14.2. The van der Waals surface area contributed by atoms with E-state index < -0.39 is 6.10 Å². The average Bonchev–Trinajstić information content (AvgIpc) is 2.86. The standard InChI is InChI=1S/C15H20ClNO2/c1-10-9-13(7-8-14(10)16)19-11(2)15(18)17-12-5-3-4-6-12/h7-9,11-12H,3-6H2,1-2H3,(H,17,18)/t11-/m1/s1. The second kappa shape index (κ2) is 6.29. The van der Waals surface area contributed by atoms with Gasteiger partial charge in [0.05, 0.1) is 0 Å². The lowest BCUT2D eigenvalue weighted by atomic mass is 10.2. The molecule has 1 aromatic rings. The Labute approximate surface area is 119 Å². The molecule has 0 unspecified atom stereocenters. The Morgan fingerprint density at radius 3 is 2.74 bits per heavy atom. The number of carbonyl (C=O) groups excluding carboxylic acids is 1. The second-order valence-electron chi connectivity index (χ2n) is 5.16. The largest absolute Gasteiger partial charge is 0.481 e. The quantitative estimate of drug-likeness (QED) is 0.918. The van der Waals surface area contributed by atoms with Crippen molar-refractivity contribution in [2.75, 3.05) is 0 Å². The topological polar surface area (TPSA) is 38.3 Å². The average molecular weight is 282 g/mol. The van der Waals surface area contributed by atoms with E-state index in [2.05, 4.69) is 5.32 Å². The third kappa shape index (κ3) is 3.87. The molecule has 0 saturated heterocycles. The summed E-state index contributed by atoms with van der Waals surface area (Å²) < 4.78 is 5.65. The molecule has 1 aliphatic carbocycles. The van der Waals surface area contributed by atoms with Crippen LogP contribution in [-0.2, 0) is 4.79 Å². The van der Waals surface area contributed by atoms with E-state index in [1.165, 1.54) is 12.8 Å². The van der Waals surface area contributed by atoms with E-state index in [0.717, 1.165) is 18.4 Å². The van der Waals surface area contributed by atoms with Crippen molar-refractivity contribution in [3.05, 3.63) is 28.8 Å². The number of halogens is 1. The maximum absolute atomic E-state index is 12.0. The van der Waals surface area contributed by atoms with Crippen LogP contribution in [0, 0.1) is 6.92 Å². The normalized spacial score (nSPS) is 17.2. The summed E-state index contributed by atoms with van der Waals surface area (Å²) in [6.45, 7) is 3.69. The molecule has 0 heterocycles. The van der Waals surface area contributed by atoms with Gasteiger partial charge in [0.1, 0.15) is 5.75 Å². The van der Waals surface area contributed by atoms with Gasteiger partial charge in [0, 0.05) is 11.1 Å². The molecule has 0 spiro atoms. The smallest absolute Gasteiger partial charge is 0.260 e. The van der Waals surface area contributed by atoms with Gasteiger partial charge in [-0.2, -0.15) is 0 Å². The number of hydrogen-bond donors (Lipinski definition) is 1. The van der Waals surface area contributed by atoms with Crippen molar-refractivity contribution in [2.45, 2.75) is 51.7 Å². The monoisotopic (exact) mass is 281 g/mol. The Morgan fingerprint density at radius 1 is 1.42 bits per heavy atom. The molecule has 1 N–H and O–H groups in total. The van der Waals surface area contributed by atoms with E-state index in [1.807, 2.05) is 13.0 Å². The number of nitrogens with one attached hydrogen (secondary N) is 1. The van der Waals surface area contributed by atoms with Crippen LogP contribution in [-0.4, -0.2) is 18.1 Å². The van der Waals surface area contributed by atoms with Gasteiger partial charge in [-0.3, -0.25) is 4.79 Å². The molecule has 4 heteroatoms. The maximum Gasteiger partial charge on any atom is 0.260 e.